The zero-order valence-electron chi connectivity index (χ0n) is 18.0. The molecule has 0 aromatic carbocycles. The molecule has 174 valence electrons. The maximum absolute atomic E-state index is 12.8. The van der Waals surface area contributed by atoms with E-state index in [0.717, 1.165) is 25.7 Å². The van der Waals surface area contributed by atoms with Gasteiger partial charge in [-0.05, 0) is 31.4 Å². The van der Waals surface area contributed by atoms with Crippen LogP contribution in [0.5, 0.6) is 0 Å². The van der Waals surface area contributed by atoms with Crippen molar-refractivity contribution in [2.24, 2.45) is 0 Å². The summed E-state index contributed by atoms with van der Waals surface area (Å²) in [6, 6.07) is 2.79. The number of carbonyl (C=O) groups excluding carboxylic acids is 2. The molecule has 0 bridgehead atoms. The largest absolute Gasteiger partial charge is 0.438 e. The standard InChI is InChI=1S/C20H32N4O6S/c1-29-15-5-8-21-18(25)16-22-11-13-23(14-12-22)20(26)17-6-7-19(30-17)31(27,28)24-9-3-2-4-10-24/h6-7H,2-5,8-16H2,1H3,(H,21,25). The minimum absolute atomic E-state index is 0.0277. The summed E-state index contributed by atoms with van der Waals surface area (Å²) in [6.07, 6.45) is 3.46. The van der Waals surface area contributed by atoms with Crippen LogP contribution < -0.4 is 5.32 Å². The zero-order chi connectivity index (χ0) is 22.3. The Kier molecular flexibility index (Phi) is 8.47. The highest BCUT2D eigenvalue weighted by Gasteiger charge is 2.31. The number of sulfonamides is 1. The highest BCUT2D eigenvalue weighted by molar-refractivity contribution is 7.89. The van der Waals surface area contributed by atoms with Crippen LogP contribution >= 0.6 is 0 Å². The number of hydrogen-bond donors (Lipinski definition) is 1. The van der Waals surface area contributed by atoms with E-state index >= 15 is 0 Å². The molecule has 2 aliphatic heterocycles. The Labute approximate surface area is 183 Å². The molecule has 2 aliphatic rings. The van der Waals surface area contributed by atoms with Crippen LogP contribution in [0.2, 0.25) is 0 Å². The highest BCUT2D eigenvalue weighted by atomic mass is 32.2. The molecule has 3 heterocycles. The number of furan rings is 1. The van der Waals surface area contributed by atoms with E-state index in [-0.39, 0.29) is 29.2 Å². The average Bonchev–Trinajstić information content (AvgIpc) is 3.29. The van der Waals surface area contributed by atoms with Gasteiger partial charge in [0, 0.05) is 59.5 Å². The molecule has 0 unspecified atom stereocenters. The fraction of sp³-hybridized carbons (Fsp3) is 0.700. The van der Waals surface area contributed by atoms with Crippen molar-refractivity contribution in [2.45, 2.75) is 30.8 Å². The third-order valence-corrected chi connectivity index (χ3v) is 7.35. The Morgan fingerprint density at radius 2 is 1.77 bits per heavy atom. The maximum atomic E-state index is 12.8. The van der Waals surface area contributed by atoms with Crippen LogP contribution in [-0.4, -0.2) is 100 Å². The third-order valence-electron chi connectivity index (χ3n) is 5.58. The number of ether oxygens (including phenoxy) is 1. The van der Waals surface area contributed by atoms with Gasteiger partial charge in [0.1, 0.15) is 0 Å². The normalized spacial score (nSPS) is 18.8. The lowest BCUT2D eigenvalue weighted by Crippen LogP contribution is -2.51. The number of hydrogen-bond acceptors (Lipinski definition) is 7. The average molecular weight is 457 g/mol. The molecular formula is C20H32N4O6S. The molecular weight excluding hydrogens is 424 g/mol. The van der Waals surface area contributed by atoms with Gasteiger partial charge in [-0.2, -0.15) is 4.31 Å². The van der Waals surface area contributed by atoms with Gasteiger partial charge in [-0.3, -0.25) is 14.5 Å². The fourth-order valence-electron chi connectivity index (χ4n) is 3.77. The molecule has 31 heavy (non-hydrogen) atoms. The molecule has 0 aliphatic carbocycles. The van der Waals surface area contributed by atoms with E-state index in [1.54, 1.807) is 12.0 Å². The van der Waals surface area contributed by atoms with Crippen LogP contribution in [0.4, 0.5) is 0 Å². The van der Waals surface area contributed by atoms with E-state index in [4.69, 9.17) is 9.15 Å². The lowest BCUT2D eigenvalue weighted by Gasteiger charge is -2.33. The van der Waals surface area contributed by atoms with E-state index in [2.05, 4.69) is 5.32 Å². The molecule has 1 N–H and O–H groups in total. The van der Waals surface area contributed by atoms with Crippen molar-refractivity contribution in [1.82, 2.24) is 19.4 Å². The number of piperidine rings is 1. The molecule has 0 atom stereocenters. The van der Waals surface area contributed by atoms with Crippen LogP contribution in [0.1, 0.15) is 36.2 Å². The highest BCUT2D eigenvalue weighted by Crippen LogP contribution is 2.23. The number of rotatable bonds is 9. The molecule has 11 heteroatoms. The minimum Gasteiger partial charge on any atom is -0.438 e. The molecule has 1 aromatic rings. The van der Waals surface area contributed by atoms with Gasteiger partial charge >= 0.3 is 0 Å². The zero-order valence-corrected chi connectivity index (χ0v) is 18.9. The first-order valence-corrected chi connectivity index (χ1v) is 12.2. The van der Waals surface area contributed by atoms with E-state index in [9.17, 15) is 18.0 Å². The summed E-state index contributed by atoms with van der Waals surface area (Å²) in [7, 11) is -2.08. The maximum Gasteiger partial charge on any atom is 0.289 e. The summed E-state index contributed by atoms with van der Waals surface area (Å²) >= 11 is 0. The van der Waals surface area contributed by atoms with E-state index < -0.39 is 10.0 Å². The first-order valence-electron chi connectivity index (χ1n) is 10.8. The number of amides is 2. The quantitative estimate of drug-likeness (QED) is 0.534. The second-order valence-corrected chi connectivity index (χ2v) is 9.72. The van der Waals surface area contributed by atoms with Crippen molar-refractivity contribution in [3.63, 3.8) is 0 Å². The lowest BCUT2D eigenvalue weighted by atomic mass is 10.2. The predicted octanol–water partition coefficient (Wildman–Crippen LogP) is 0.365. The molecule has 2 saturated heterocycles. The fourth-order valence-corrected chi connectivity index (χ4v) is 5.20. The monoisotopic (exact) mass is 456 g/mol. The van der Waals surface area contributed by atoms with E-state index in [0.29, 0.717) is 52.4 Å². The summed E-state index contributed by atoms with van der Waals surface area (Å²) in [5, 5.41) is 2.67. The van der Waals surface area contributed by atoms with Crippen LogP contribution in [-0.2, 0) is 19.6 Å². The van der Waals surface area contributed by atoms with Crippen molar-refractivity contribution < 1.29 is 27.2 Å². The van der Waals surface area contributed by atoms with Crippen molar-refractivity contribution >= 4 is 21.8 Å². The second kappa shape index (κ2) is 11.1. The van der Waals surface area contributed by atoms with Gasteiger partial charge in [-0.15, -0.1) is 0 Å². The van der Waals surface area contributed by atoms with Gasteiger partial charge in [0.05, 0.1) is 6.54 Å². The summed E-state index contributed by atoms with van der Waals surface area (Å²) < 4.78 is 37.3. The van der Waals surface area contributed by atoms with Crippen molar-refractivity contribution in [1.29, 1.82) is 0 Å². The Hall–Kier alpha value is -1.95. The van der Waals surface area contributed by atoms with Crippen molar-refractivity contribution in [3.05, 3.63) is 17.9 Å². The van der Waals surface area contributed by atoms with Crippen molar-refractivity contribution in [2.75, 3.05) is 66.1 Å². The predicted molar refractivity (Wildman–Crippen MR) is 113 cm³/mol. The number of methoxy groups -OCH3 is 1. The topological polar surface area (TPSA) is 112 Å². The summed E-state index contributed by atoms with van der Waals surface area (Å²) in [4.78, 5) is 28.4. The third kappa shape index (κ3) is 6.28. The van der Waals surface area contributed by atoms with Gasteiger partial charge in [0.15, 0.2) is 5.76 Å². The van der Waals surface area contributed by atoms with Crippen LogP contribution in [0, 0.1) is 0 Å². The molecule has 0 radical (unpaired) electrons. The lowest BCUT2D eigenvalue weighted by molar-refractivity contribution is -0.122. The molecule has 3 rings (SSSR count). The van der Waals surface area contributed by atoms with Crippen LogP contribution in [0.25, 0.3) is 0 Å². The Bertz CT molecular complexity index is 842. The van der Waals surface area contributed by atoms with E-state index in [1.807, 2.05) is 4.90 Å². The van der Waals surface area contributed by atoms with Gasteiger partial charge in [-0.25, -0.2) is 8.42 Å². The molecule has 10 nitrogen and oxygen atoms in total. The Balaban J connectivity index is 1.48. The van der Waals surface area contributed by atoms with Gasteiger partial charge in [-0.1, -0.05) is 6.42 Å². The van der Waals surface area contributed by atoms with Gasteiger partial charge in [0.25, 0.3) is 15.9 Å². The van der Waals surface area contributed by atoms with Gasteiger partial charge < -0.3 is 19.4 Å². The number of nitrogens with zero attached hydrogens (tertiary/aromatic N) is 3. The number of nitrogens with one attached hydrogen (secondary N) is 1. The molecule has 0 saturated carbocycles. The number of piperazine rings is 1. The molecule has 1 aromatic heterocycles. The molecule has 0 spiro atoms. The smallest absolute Gasteiger partial charge is 0.289 e. The number of carbonyl (C=O) groups is 2. The van der Waals surface area contributed by atoms with E-state index in [1.165, 1.54) is 16.4 Å². The summed E-state index contributed by atoms with van der Waals surface area (Å²) in [6.45, 7) is 4.46. The minimum atomic E-state index is -3.70. The van der Waals surface area contributed by atoms with Crippen LogP contribution in [0.3, 0.4) is 0 Å². The first-order chi connectivity index (χ1) is 14.9. The molecule has 2 fully saturated rings. The summed E-state index contributed by atoms with van der Waals surface area (Å²) in [5.41, 5.74) is 0. The van der Waals surface area contributed by atoms with Gasteiger partial charge in [0.2, 0.25) is 11.0 Å². The molecule has 2 amide bonds. The Morgan fingerprint density at radius 1 is 1.06 bits per heavy atom. The SMILES string of the molecule is COCCCNC(=O)CN1CCN(C(=O)c2ccc(S(=O)(=O)N3CCCCC3)o2)CC1. The Morgan fingerprint density at radius 3 is 2.45 bits per heavy atom. The second-order valence-electron chi connectivity index (χ2n) is 7.85. The summed E-state index contributed by atoms with van der Waals surface area (Å²) in [5.74, 6) is -0.349. The van der Waals surface area contributed by atoms with Crippen molar-refractivity contribution in [3.8, 4) is 0 Å². The first kappa shape index (κ1) is 23.7. The van der Waals surface area contributed by atoms with Crippen LogP contribution in [0.15, 0.2) is 21.6 Å².